The fourth-order valence-corrected chi connectivity index (χ4v) is 3.97. The van der Waals surface area contributed by atoms with Gasteiger partial charge in [0.25, 0.3) is 0 Å². The van der Waals surface area contributed by atoms with Crippen LogP contribution in [0.5, 0.6) is 0 Å². The number of hydrogen-bond donors (Lipinski definition) is 1. The van der Waals surface area contributed by atoms with Crippen molar-refractivity contribution in [2.24, 2.45) is 11.8 Å². The van der Waals surface area contributed by atoms with Gasteiger partial charge in [-0.1, -0.05) is 45.3 Å². The lowest BCUT2D eigenvalue weighted by atomic mass is 9.86. The predicted octanol–water partition coefficient (Wildman–Crippen LogP) is 4.57. The Morgan fingerprint density at radius 2 is 2.04 bits per heavy atom. The van der Waals surface area contributed by atoms with Gasteiger partial charge < -0.3 is 10.2 Å². The normalized spacial score (nSPS) is 20.3. The Balaban J connectivity index is 1.96. The van der Waals surface area contributed by atoms with Crippen molar-refractivity contribution in [3.8, 4) is 0 Å². The molecular formula is C22H36N2O2. The molecule has 0 saturated carbocycles. The molecular weight excluding hydrogens is 324 g/mol. The molecule has 26 heavy (non-hydrogen) atoms. The quantitative estimate of drug-likeness (QED) is 0.580. The van der Waals surface area contributed by atoms with Crippen LogP contribution in [0.3, 0.4) is 0 Å². The maximum absolute atomic E-state index is 13.3. The fourth-order valence-electron chi connectivity index (χ4n) is 3.97. The van der Waals surface area contributed by atoms with Crippen molar-refractivity contribution in [2.45, 2.75) is 78.1 Å². The fraction of sp³-hybridized carbons (Fsp3) is 0.727. The van der Waals surface area contributed by atoms with E-state index in [1.54, 1.807) is 0 Å². The molecule has 2 unspecified atom stereocenters. The zero-order chi connectivity index (χ0) is 18.8. The van der Waals surface area contributed by atoms with Crippen LogP contribution in [0.4, 0.5) is 0 Å². The van der Waals surface area contributed by atoms with Crippen LogP contribution in [0.1, 0.15) is 78.1 Å². The van der Waals surface area contributed by atoms with Gasteiger partial charge in [-0.3, -0.25) is 9.59 Å². The van der Waals surface area contributed by atoms with Crippen molar-refractivity contribution in [1.82, 2.24) is 10.2 Å². The number of nitrogens with one attached hydrogen (secondary N) is 1. The molecule has 0 radical (unpaired) electrons. The first-order chi connectivity index (χ1) is 12.7. The summed E-state index contributed by atoms with van der Waals surface area (Å²) in [5, 5.41) is 2.97. The third kappa shape index (κ3) is 6.00. The molecule has 1 fully saturated rings. The van der Waals surface area contributed by atoms with Gasteiger partial charge in [0.15, 0.2) is 0 Å². The van der Waals surface area contributed by atoms with Crippen LogP contribution in [0.15, 0.2) is 23.9 Å². The van der Waals surface area contributed by atoms with Gasteiger partial charge in [0.05, 0.1) is 0 Å². The van der Waals surface area contributed by atoms with Crippen LogP contribution in [0, 0.1) is 11.8 Å². The third-order valence-corrected chi connectivity index (χ3v) is 5.58. The molecule has 1 aliphatic carbocycles. The maximum atomic E-state index is 13.3. The summed E-state index contributed by atoms with van der Waals surface area (Å²) in [6.07, 6.45) is 16.0. The van der Waals surface area contributed by atoms with E-state index in [1.807, 2.05) is 4.90 Å². The summed E-state index contributed by atoms with van der Waals surface area (Å²) < 4.78 is 0. The second-order valence-electron chi connectivity index (χ2n) is 7.67. The van der Waals surface area contributed by atoms with E-state index < -0.39 is 0 Å². The second kappa shape index (κ2) is 11.2. The van der Waals surface area contributed by atoms with Gasteiger partial charge in [0.1, 0.15) is 0 Å². The first-order valence-electron chi connectivity index (χ1n) is 10.6. The number of rotatable bonds is 10. The standard InChI is InChI=1S/C22H36N2O2/c1-3-5-10-19(14-15-21(25)23-16-6-4-2)22(26)24-17-9-12-18-11-7-8-13-20(18)24/h7-8,13,18-19H,3-6,9-12,14-17H2,1-2H3,(H,23,25). The number of allylic oxidation sites excluding steroid dienone is 4. The number of hydrogen-bond acceptors (Lipinski definition) is 2. The Morgan fingerprint density at radius 1 is 1.23 bits per heavy atom. The lowest BCUT2D eigenvalue weighted by Crippen LogP contribution is -2.42. The molecule has 2 amide bonds. The molecule has 1 heterocycles. The zero-order valence-corrected chi connectivity index (χ0v) is 16.6. The molecule has 0 aromatic rings. The van der Waals surface area contributed by atoms with Gasteiger partial charge >= 0.3 is 0 Å². The molecule has 0 bridgehead atoms. The maximum Gasteiger partial charge on any atom is 0.229 e. The highest BCUT2D eigenvalue weighted by Gasteiger charge is 2.32. The Morgan fingerprint density at radius 3 is 2.81 bits per heavy atom. The summed E-state index contributed by atoms with van der Waals surface area (Å²) in [5.74, 6) is 0.800. The van der Waals surface area contributed by atoms with Crippen LogP contribution in [0.2, 0.25) is 0 Å². The Bertz CT molecular complexity index is 524. The van der Waals surface area contributed by atoms with Crippen molar-refractivity contribution in [3.05, 3.63) is 23.9 Å². The van der Waals surface area contributed by atoms with Crippen LogP contribution in [-0.4, -0.2) is 29.8 Å². The number of carbonyl (C=O) groups is 2. The molecule has 1 saturated heterocycles. The van der Waals surface area contributed by atoms with Gasteiger partial charge in [-0.05, 0) is 44.6 Å². The van der Waals surface area contributed by atoms with Crippen molar-refractivity contribution < 1.29 is 9.59 Å². The molecule has 4 heteroatoms. The average molecular weight is 361 g/mol. The number of amides is 2. The Labute approximate surface area is 159 Å². The second-order valence-corrected chi connectivity index (χ2v) is 7.67. The van der Waals surface area contributed by atoms with Gasteiger partial charge in [0.2, 0.25) is 11.8 Å². The summed E-state index contributed by atoms with van der Waals surface area (Å²) in [6, 6.07) is 0. The third-order valence-electron chi connectivity index (χ3n) is 5.58. The topological polar surface area (TPSA) is 49.4 Å². The lowest BCUT2D eigenvalue weighted by molar-refractivity contribution is -0.135. The SMILES string of the molecule is CCCCNC(=O)CCC(CCCC)C(=O)N1CCCC2CC=CC=C21. The highest BCUT2D eigenvalue weighted by molar-refractivity contribution is 5.82. The van der Waals surface area contributed by atoms with Crippen LogP contribution in [0.25, 0.3) is 0 Å². The summed E-state index contributed by atoms with van der Waals surface area (Å²) in [5.41, 5.74) is 1.21. The summed E-state index contributed by atoms with van der Waals surface area (Å²) >= 11 is 0. The van der Waals surface area contributed by atoms with Crippen LogP contribution >= 0.6 is 0 Å². The monoisotopic (exact) mass is 360 g/mol. The van der Waals surface area contributed by atoms with E-state index >= 15 is 0 Å². The molecule has 4 nitrogen and oxygen atoms in total. The van der Waals surface area contributed by atoms with Gasteiger partial charge in [0, 0.05) is 37.0 Å². The summed E-state index contributed by atoms with van der Waals surface area (Å²) in [7, 11) is 0. The zero-order valence-electron chi connectivity index (χ0n) is 16.6. The number of piperidine rings is 1. The van der Waals surface area contributed by atoms with Gasteiger partial charge in [-0.2, -0.15) is 0 Å². The van der Waals surface area contributed by atoms with Crippen molar-refractivity contribution in [3.63, 3.8) is 0 Å². The molecule has 0 aromatic heterocycles. The van der Waals surface area contributed by atoms with Crippen molar-refractivity contribution in [2.75, 3.05) is 13.1 Å². The predicted molar refractivity (Wildman–Crippen MR) is 106 cm³/mol. The molecule has 2 atom stereocenters. The molecule has 0 spiro atoms. The van der Waals surface area contributed by atoms with Crippen molar-refractivity contribution >= 4 is 11.8 Å². The minimum Gasteiger partial charge on any atom is -0.356 e. The smallest absolute Gasteiger partial charge is 0.229 e. The Kier molecular flexibility index (Phi) is 8.93. The molecule has 2 rings (SSSR count). The minimum absolute atomic E-state index is 0.0302. The number of likely N-dealkylation sites (tertiary alicyclic amines) is 1. The number of fused-ring (bicyclic) bond motifs is 1. The van der Waals surface area contributed by atoms with E-state index in [-0.39, 0.29) is 17.7 Å². The molecule has 2 aliphatic rings. The van der Waals surface area contributed by atoms with Crippen LogP contribution < -0.4 is 5.32 Å². The van der Waals surface area contributed by atoms with E-state index in [0.717, 1.165) is 58.0 Å². The van der Waals surface area contributed by atoms with E-state index in [0.29, 0.717) is 18.8 Å². The molecule has 146 valence electrons. The van der Waals surface area contributed by atoms with Gasteiger partial charge in [-0.15, -0.1) is 0 Å². The number of carbonyl (C=O) groups excluding carboxylic acids is 2. The molecule has 0 aromatic carbocycles. The van der Waals surface area contributed by atoms with E-state index in [9.17, 15) is 9.59 Å². The lowest BCUT2D eigenvalue weighted by Gasteiger charge is -2.38. The van der Waals surface area contributed by atoms with E-state index in [1.165, 1.54) is 12.1 Å². The minimum atomic E-state index is -0.0302. The number of nitrogens with zero attached hydrogens (tertiary/aromatic N) is 1. The largest absolute Gasteiger partial charge is 0.356 e. The average Bonchev–Trinajstić information content (AvgIpc) is 2.67. The van der Waals surface area contributed by atoms with Gasteiger partial charge in [-0.25, -0.2) is 0 Å². The highest BCUT2D eigenvalue weighted by Crippen LogP contribution is 2.34. The van der Waals surface area contributed by atoms with Crippen LogP contribution in [-0.2, 0) is 9.59 Å². The summed E-state index contributed by atoms with van der Waals surface area (Å²) in [6.45, 7) is 5.85. The van der Waals surface area contributed by atoms with Crippen molar-refractivity contribution in [1.29, 1.82) is 0 Å². The molecule has 1 N–H and O–H groups in total. The first-order valence-corrected chi connectivity index (χ1v) is 10.6. The van der Waals surface area contributed by atoms with E-state index in [4.69, 9.17) is 0 Å². The highest BCUT2D eigenvalue weighted by atomic mass is 16.2. The summed E-state index contributed by atoms with van der Waals surface area (Å²) in [4.78, 5) is 27.4. The Hall–Kier alpha value is -1.58. The first kappa shape index (κ1) is 20.7. The molecule has 1 aliphatic heterocycles. The van der Waals surface area contributed by atoms with E-state index in [2.05, 4.69) is 37.4 Å². The number of unbranched alkanes of at least 4 members (excludes halogenated alkanes) is 2.